The van der Waals surface area contributed by atoms with Crippen molar-refractivity contribution < 1.29 is 5.11 Å². The maximum atomic E-state index is 9.27. The molecule has 0 amide bonds. The molecule has 0 aliphatic carbocycles. The smallest absolute Gasteiger partial charge is 0.0558 e. The number of aliphatic hydroxyl groups is 1. The molecule has 1 aliphatic rings. The molecule has 2 atom stereocenters. The first-order chi connectivity index (χ1) is 10.8. The van der Waals surface area contributed by atoms with Crippen molar-refractivity contribution in [2.45, 2.75) is 24.9 Å². The Bertz CT molecular complexity index is 543. The van der Waals surface area contributed by atoms with E-state index >= 15 is 0 Å². The van der Waals surface area contributed by atoms with E-state index in [-0.39, 0.29) is 6.61 Å². The molecule has 0 spiro atoms. The standard InChI is InChI=1S/C18H24N2OS/c21-9-8-20-13-16(18-7-4-10-22-18)11-17(14-20)19-12-15-5-2-1-3-6-15/h1-7,10,16-17,19,21H,8-9,11-14H2. The first-order valence-corrected chi connectivity index (χ1v) is 8.87. The van der Waals surface area contributed by atoms with Crippen LogP contribution in [-0.4, -0.2) is 42.3 Å². The van der Waals surface area contributed by atoms with E-state index in [9.17, 15) is 5.11 Å². The number of likely N-dealkylation sites (tertiary alicyclic amines) is 1. The van der Waals surface area contributed by atoms with Gasteiger partial charge in [0, 0.05) is 43.0 Å². The molecule has 2 heterocycles. The number of aliphatic hydroxyl groups excluding tert-OH is 1. The van der Waals surface area contributed by atoms with Crippen molar-refractivity contribution in [2.75, 3.05) is 26.2 Å². The van der Waals surface area contributed by atoms with Crippen molar-refractivity contribution in [1.82, 2.24) is 10.2 Å². The molecule has 0 radical (unpaired) electrons. The van der Waals surface area contributed by atoms with Crippen LogP contribution in [0.15, 0.2) is 47.8 Å². The SMILES string of the molecule is OCCN1CC(NCc2ccccc2)CC(c2cccs2)C1. The molecule has 3 nitrogen and oxygen atoms in total. The molecule has 4 heteroatoms. The lowest BCUT2D eigenvalue weighted by Crippen LogP contribution is -2.48. The van der Waals surface area contributed by atoms with Gasteiger partial charge in [-0.15, -0.1) is 11.3 Å². The Labute approximate surface area is 136 Å². The first kappa shape index (κ1) is 15.7. The highest BCUT2D eigenvalue weighted by Gasteiger charge is 2.28. The van der Waals surface area contributed by atoms with E-state index in [2.05, 4.69) is 58.1 Å². The van der Waals surface area contributed by atoms with Crippen molar-refractivity contribution in [1.29, 1.82) is 0 Å². The van der Waals surface area contributed by atoms with Crippen LogP contribution in [0, 0.1) is 0 Å². The molecular formula is C18H24N2OS. The van der Waals surface area contributed by atoms with E-state index < -0.39 is 0 Å². The summed E-state index contributed by atoms with van der Waals surface area (Å²) < 4.78 is 0. The number of benzene rings is 1. The van der Waals surface area contributed by atoms with E-state index in [1.54, 1.807) is 0 Å². The lowest BCUT2D eigenvalue weighted by Gasteiger charge is -2.37. The van der Waals surface area contributed by atoms with Crippen molar-refractivity contribution in [3.63, 3.8) is 0 Å². The van der Waals surface area contributed by atoms with E-state index in [0.717, 1.165) is 26.2 Å². The van der Waals surface area contributed by atoms with E-state index in [1.807, 2.05) is 11.3 Å². The van der Waals surface area contributed by atoms with Gasteiger partial charge in [0.05, 0.1) is 6.61 Å². The van der Waals surface area contributed by atoms with Crippen LogP contribution in [0.25, 0.3) is 0 Å². The van der Waals surface area contributed by atoms with Crippen molar-refractivity contribution >= 4 is 11.3 Å². The van der Waals surface area contributed by atoms with Crippen LogP contribution in [0.5, 0.6) is 0 Å². The van der Waals surface area contributed by atoms with Gasteiger partial charge in [0.1, 0.15) is 0 Å². The third-order valence-electron chi connectivity index (χ3n) is 4.33. The van der Waals surface area contributed by atoms with Gasteiger partial charge in [0.25, 0.3) is 0 Å². The Morgan fingerprint density at radius 3 is 2.73 bits per heavy atom. The quantitative estimate of drug-likeness (QED) is 0.860. The van der Waals surface area contributed by atoms with Crippen LogP contribution in [0.4, 0.5) is 0 Å². The monoisotopic (exact) mass is 316 g/mol. The maximum absolute atomic E-state index is 9.27. The zero-order valence-electron chi connectivity index (χ0n) is 12.8. The summed E-state index contributed by atoms with van der Waals surface area (Å²) in [5, 5.41) is 15.1. The number of hydrogen-bond donors (Lipinski definition) is 2. The third kappa shape index (κ3) is 4.17. The van der Waals surface area contributed by atoms with Crippen molar-refractivity contribution in [3.8, 4) is 0 Å². The Kier molecular flexibility index (Phi) is 5.62. The molecule has 22 heavy (non-hydrogen) atoms. The van der Waals surface area contributed by atoms with Gasteiger partial charge in [0.2, 0.25) is 0 Å². The molecule has 3 rings (SSSR count). The molecule has 1 fully saturated rings. The summed E-state index contributed by atoms with van der Waals surface area (Å²) in [4.78, 5) is 3.85. The van der Waals surface area contributed by atoms with Gasteiger partial charge >= 0.3 is 0 Å². The molecule has 2 aromatic rings. The summed E-state index contributed by atoms with van der Waals surface area (Å²) in [6.45, 7) is 4.00. The number of thiophene rings is 1. The Morgan fingerprint density at radius 2 is 2.00 bits per heavy atom. The zero-order chi connectivity index (χ0) is 15.2. The van der Waals surface area contributed by atoms with Gasteiger partial charge in [-0.2, -0.15) is 0 Å². The van der Waals surface area contributed by atoms with Gasteiger partial charge in [-0.3, -0.25) is 4.90 Å². The minimum Gasteiger partial charge on any atom is -0.395 e. The van der Waals surface area contributed by atoms with Gasteiger partial charge < -0.3 is 10.4 Å². The Hall–Kier alpha value is -1.20. The minimum absolute atomic E-state index is 0.239. The van der Waals surface area contributed by atoms with Crippen LogP contribution >= 0.6 is 11.3 Å². The third-order valence-corrected chi connectivity index (χ3v) is 5.36. The molecule has 118 valence electrons. The van der Waals surface area contributed by atoms with Gasteiger partial charge in [-0.1, -0.05) is 36.4 Å². The molecule has 1 aromatic heterocycles. The second kappa shape index (κ2) is 7.88. The highest BCUT2D eigenvalue weighted by atomic mass is 32.1. The lowest BCUT2D eigenvalue weighted by atomic mass is 9.92. The maximum Gasteiger partial charge on any atom is 0.0558 e. The normalized spacial score (nSPS) is 22.8. The predicted octanol–water partition coefficient (Wildman–Crippen LogP) is 2.69. The molecule has 0 saturated carbocycles. The number of β-amino-alcohol motifs (C(OH)–C–C–N with tert-alkyl or cyclic N) is 1. The van der Waals surface area contributed by atoms with E-state index in [4.69, 9.17) is 0 Å². The molecule has 0 bridgehead atoms. The second-order valence-corrected chi connectivity index (χ2v) is 6.97. The lowest BCUT2D eigenvalue weighted by molar-refractivity contribution is 0.139. The van der Waals surface area contributed by atoms with Gasteiger partial charge in [0.15, 0.2) is 0 Å². The number of piperidine rings is 1. The number of nitrogens with one attached hydrogen (secondary N) is 1. The fourth-order valence-corrected chi connectivity index (χ4v) is 4.08. The highest BCUT2D eigenvalue weighted by molar-refractivity contribution is 7.10. The Balaban J connectivity index is 1.62. The minimum atomic E-state index is 0.239. The van der Waals surface area contributed by atoms with E-state index in [1.165, 1.54) is 16.9 Å². The average molecular weight is 316 g/mol. The van der Waals surface area contributed by atoms with Crippen LogP contribution in [0.2, 0.25) is 0 Å². The first-order valence-electron chi connectivity index (χ1n) is 7.99. The molecule has 2 N–H and O–H groups in total. The zero-order valence-corrected chi connectivity index (χ0v) is 13.6. The van der Waals surface area contributed by atoms with Crippen molar-refractivity contribution in [2.24, 2.45) is 0 Å². The van der Waals surface area contributed by atoms with Crippen LogP contribution < -0.4 is 5.32 Å². The molecule has 1 aliphatic heterocycles. The number of rotatable bonds is 6. The molecule has 1 saturated heterocycles. The fraction of sp³-hybridized carbons (Fsp3) is 0.444. The molecule has 2 unspecified atom stereocenters. The summed E-state index contributed by atoms with van der Waals surface area (Å²) in [5.74, 6) is 0.577. The summed E-state index contributed by atoms with van der Waals surface area (Å²) in [7, 11) is 0. The summed E-state index contributed by atoms with van der Waals surface area (Å²) in [5.41, 5.74) is 1.33. The summed E-state index contributed by atoms with van der Waals surface area (Å²) in [6, 6.07) is 15.4. The highest BCUT2D eigenvalue weighted by Crippen LogP contribution is 2.30. The number of nitrogens with zero attached hydrogens (tertiary/aromatic N) is 1. The van der Waals surface area contributed by atoms with E-state index in [0.29, 0.717) is 12.0 Å². The fourth-order valence-electron chi connectivity index (χ4n) is 3.25. The van der Waals surface area contributed by atoms with Crippen LogP contribution in [-0.2, 0) is 6.54 Å². The summed E-state index contributed by atoms with van der Waals surface area (Å²) in [6.07, 6.45) is 1.18. The topological polar surface area (TPSA) is 35.5 Å². The largest absolute Gasteiger partial charge is 0.395 e. The Morgan fingerprint density at radius 1 is 1.14 bits per heavy atom. The molecule has 1 aromatic carbocycles. The van der Waals surface area contributed by atoms with Crippen LogP contribution in [0.3, 0.4) is 0 Å². The van der Waals surface area contributed by atoms with Gasteiger partial charge in [-0.25, -0.2) is 0 Å². The van der Waals surface area contributed by atoms with Crippen LogP contribution in [0.1, 0.15) is 22.8 Å². The molecular weight excluding hydrogens is 292 g/mol. The summed E-state index contributed by atoms with van der Waals surface area (Å²) >= 11 is 1.85. The second-order valence-electron chi connectivity index (χ2n) is 5.99. The number of hydrogen-bond acceptors (Lipinski definition) is 4. The van der Waals surface area contributed by atoms with Gasteiger partial charge in [-0.05, 0) is 23.4 Å². The predicted molar refractivity (Wildman–Crippen MR) is 92.3 cm³/mol. The van der Waals surface area contributed by atoms with Crippen molar-refractivity contribution in [3.05, 3.63) is 58.3 Å². The average Bonchev–Trinajstić information content (AvgIpc) is 3.09.